The Kier molecular flexibility index (Phi) is 4.60. The molecule has 0 saturated carbocycles. The van der Waals surface area contributed by atoms with Crippen molar-refractivity contribution in [2.24, 2.45) is 5.73 Å². The van der Waals surface area contributed by atoms with E-state index in [1.54, 1.807) is 32.0 Å². The number of rotatable bonds is 5. The maximum absolute atomic E-state index is 12.1. The van der Waals surface area contributed by atoms with Crippen molar-refractivity contribution >= 4 is 21.8 Å². The first kappa shape index (κ1) is 14.5. The zero-order valence-electron chi connectivity index (χ0n) is 10.2. The maximum Gasteiger partial charge on any atom is 0.241 e. The molecule has 4 nitrogen and oxygen atoms in total. The van der Waals surface area contributed by atoms with Crippen LogP contribution in [0.2, 0.25) is 0 Å². The normalized spacial score (nSPS) is 12.7. The largest absolute Gasteiger partial charge is 0.329 e. The Bertz CT molecular complexity index is 484. The van der Waals surface area contributed by atoms with Crippen LogP contribution in [0.25, 0.3) is 0 Å². The number of hydrogen-bond acceptors (Lipinski definition) is 4. The molecule has 0 heterocycles. The van der Waals surface area contributed by atoms with Crippen molar-refractivity contribution < 1.29 is 8.42 Å². The van der Waals surface area contributed by atoms with E-state index in [0.29, 0.717) is 0 Å². The fourth-order valence-corrected chi connectivity index (χ4v) is 3.24. The fraction of sp³-hybridized carbons (Fsp3) is 0.455. The van der Waals surface area contributed by atoms with Crippen LogP contribution in [0.15, 0.2) is 34.1 Å². The Morgan fingerprint density at radius 3 is 2.59 bits per heavy atom. The summed E-state index contributed by atoms with van der Waals surface area (Å²) in [5.74, 6) is 0. The second-order valence-corrected chi connectivity index (χ2v) is 6.93. The van der Waals surface area contributed by atoms with Crippen molar-refractivity contribution in [3.8, 4) is 0 Å². The summed E-state index contributed by atoms with van der Waals surface area (Å²) in [6.45, 7) is 3.75. The van der Waals surface area contributed by atoms with Crippen LogP contribution in [-0.2, 0) is 10.0 Å². The van der Waals surface area contributed by atoms with Gasteiger partial charge in [-0.2, -0.15) is 0 Å². The second kappa shape index (κ2) is 5.39. The quantitative estimate of drug-likeness (QED) is 0.797. The molecule has 0 radical (unpaired) electrons. The molecule has 1 aromatic rings. The van der Waals surface area contributed by atoms with E-state index in [1.165, 1.54) is 11.8 Å². The molecule has 0 spiro atoms. The average molecular weight is 274 g/mol. The van der Waals surface area contributed by atoms with E-state index < -0.39 is 15.6 Å². The molecule has 0 aromatic heterocycles. The molecule has 6 heteroatoms. The fourth-order valence-electron chi connectivity index (χ4n) is 1.23. The molecule has 0 atom stereocenters. The molecule has 0 unspecified atom stereocenters. The van der Waals surface area contributed by atoms with Crippen LogP contribution >= 0.6 is 11.8 Å². The Morgan fingerprint density at radius 1 is 1.41 bits per heavy atom. The lowest BCUT2D eigenvalue weighted by molar-refractivity contribution is 0.462. The minimum absolute atomic E-state index is 0.244. The summed E-state index contributed by atoms with van der Waals surface area (Å²) in [7, 11) is -3.51. The van der Waals surface area contributed by atoms with E-state index in [2.05, 4.69) is 4.72 Å². The van der Waals surface area contributed by atoms with E-state index in [1.807, 2.05) is 12.3 Å². The smallest absolute Gasteiger partial charge is 0.241 e. The molecule has 1 aromatic carbocycles. The first-order chi connectivity index (χ1) is 7.80. The van der Waals surface area contributed by atoms with Crippen molar-refractivity contribution in [1.82, 2.24) is 4.72 Å². The number of hydrogen-bond donors (Lipinski definition) is 2. The highest BCUT2D eigenvalue weighted by Crippen LogP contribution is 2.20. The summed E-state index contributed by atoms with van der Waals surface area (Å²) in [5.41, 5.74) is 4.87. The van der Waals surface area contributed by atoms with E-state index in [9.17, 15) is 8.42 Å². The van der Waals surface area contributed by atoms with Gasteiger partial charge in [-0.3, -0.25) is 0 Å². The van der Waals surface area contributed by atoms with Gasteiger partial charge < -0.3 is 5.73 Å². The Balaban J connectivity index is 3.05. The lowest BCUT2D eigenvalue weighted by atomic mass is 10.1. The minimum atomic E-state index is -3.51. The van der Waals surface area contributed by atoms with Gasteiger partial charge in [-0.1, -0.05) is 6.07 Å². The van der Waals surface area contributed by atoms with Gasteiger partial charge in [-0.15, -0.1) is 11.8 Å². The molecular weight excluding hydrogens is 256 g/mol. The molecule has 96 valence electrons. The van der Waals surface area contributed by atoms with Gasteiger partial charge in [-0.05, 0) is 38.3 Å². The molecule has 17 heavy (non-hydrogen) atoms. The van der Waals surface area contributed by atoms with Crippen molar-refractivity contribution in [3.63, 3.8) is 0 Å². The zero-order chi connectivity index (χ0) is 13.1. The van der Waals surface area contributed by atoms with Gasteiger partial charge in [0.05, 0.1) is 4.90 Å². The molecule has 3 N–H and O–H groups in total. The first-order valence-electron chi connectivity index (χ1n) is 5.19. The van der Waals surface area contributed by atoms with Gasteiger partial charge in [0.25, 0.3) is 0 Å². The third kappa shape index (κ3) is 3.99. The van der Waals surface area contributed by atoms with E-state index in [4.69, 9.17) is 5.73 Å². The topological polar surface area (TPSA) is 72.2 Å². The Labute approximate surface area is 107 Å². The van der Waals surface area contributed by atoms with Crippen molar-refractivity contribution in [1.29, 1.82) is 0 Å². The van der Waals surface area contributed by atoms with Crippen molar-refractivity contribution in [3.05, 3.63) is 24.3 Å². The lowest BCUT2D eigenvalue weighted by Gasteiger charge is -2.23. The lowest BCUT2D eigenvalue weighted by Crippen LogP contribution is -2.48. The predicted octanol–water partition coefficient (Wildman–Crippen LogP) is 1.42. The second-order valence-electron chi connectivity index (χ2n) is 4.37. The maximum atomic E-state index is 12.1. The molecule has 0 fully saturated rings. The van der Waals surface area contributed by atoms with Crippen molar-refractivity contribution in [2.45, 2.75) is 29.2 Å². The molecule has 0 aliphatic rings. The molecule has 1 rings (SSSR count). The van der Waals surface area contributed by atoms with Crippen LogP contribution < -0.4 is 10.5 Å². The molecular formula is C11H18N2O2S2. The van der Waals surface area contributed by atoms with Crippen LogP contribution in [-0.4, -0.2) is 26.8 Å². The summed E-state index contributed by atoms with van der Waals surface area (Å²) in [6, 6.07) is 6.84. The van der Waals surface area contributed by atoms with Gasteiger partial charge in [-0.25, -0.2) is 13.1 Å². The van der Waals surface area contributed by atoms with Gasteiger partial charge in [0, 0.05) is 17.0 Å². The van der Waals surface area contributed by atoms with E-state index in [0.717, 1.165) is 4.90 Å². The van der Waals surface area contributed by atoms with Gasteiger partial charge in [0.1, 0.15) is 0 Å². The van der Waals surface area contributed by atoms with E-state index >= 15 is 0 Å². The highest BCUT2D eigenvalue weighted by Gasteiger charge is 2.24. The van der Waals surface area contributed by atoms with Crippen LogP contribution in [0, 0.1) is 0 Å². The minimum Gasteiger partial charge on any atom is -0.329 e. The zero-order valence-corrected chi connectivity index (χ0v) is 11.9. The van der Waals surface area contributed by atoms with Crippen LogP contribution in [0.4, 0.5) is 0 Å². The van der Waals surface area contributed by atoms with Gasteiger partial charge in [0.15, 0.2) is 0 Å². The average Bonchev–Trinajstić information content (AvgIpc) is 2.28. The molecule has 0 bridgehead atoms. The Morgan fingerprint density at radius 2 is 2.06 bits per heavy atom. The summed E-state index contributed by atoms with van der Waals surface area (Å²) in [6.07, 6.45) is 1.91. The molecule has 0 amide bonds. The van der Waals surface area contributed by atoms with Crippen LogP contribution in [0.5, 0.6) is 0 Å². The van der Waals surface area contributed by atoms with Gasteiger partial charge in [0.2, 0.25) is 10.0 Å². The number of thioether (sulfide) groups is 1. The Hall–Kier alpha value is -0.560. The number of benzene rings is 1. The molecule has 0 aliphatic carbocycles. The standard InChI is InChI=1S/C11H18N2O2S2/c1-11(2,8-12)13-17(14,15)10-6-4-5-9(7-10)16-3/h4-7,13H,8,12H2,1-3H3. The highest BCUT2D eigenvalue weighted by atomic mass is 32.2. The predicted molar refractivity (Wildman–Crippen MR) is 71.7 cm³/mol. The van der Waals surface area contributed by atoms with Crippen LogP contribution in [0.1, 0.15) is 13.8 Å². The molecule has 0 aliphatic heterocycles. The van der Waals surface area contributed by atoms with Crippen LogP contribution in [0.3, 0.4) is 0 Å². The third-order valence-corrected chi connectivity index (χ3v) is 4.69. The first-order valence-corrected chi connectivity index (χ1v) is 7.90. The van der Waals surface area contributed by atoms with E-state index in [-0.39, 0.29) is 11.4 Å². The summed E-state index contributed by atoms with van der Waals surface area (Å²) in [5, 5.41) is 0. The van der Waals surface area contributed by atoms with Crippen molar-refractivity contribution in [2.75, 3.05) is 12.8 Å². The SMILES string of the molecule is CSc1cccc(S(=O)(=O)NC(C)(C)CN)c1. The summed E-state index contributed by atoms with van der Waals surface area (Å²) >= 11 is 1.51. The summed E-state index contributed by atoms with van der Waals surface area (Å²) in [4.78, 5) is 1.18. The van der Waals surface area contributed by atoms with Gasteiger partial charge >= 0.3 is 0 Å². The number of nitrogens with two attached hydrogens (primary N) is 1. The number of nitrogens with one attached hydrogen (secondary N) is 1. The summed E-state index contributed by atoms with van der Waals surface area (Å²) < 4.78 is 26.8. The molecule has 0 saturated heterocycles. The number of sulfonamides is 1. The highest BCUT2D eigenvalue weighted by molar-refractivity contribution is 7.98. The monoisotopic (exact) mass is 274 g/mol. The third-order valence-electron chi connectivity index (χ3n) is 2.27.